The standard InChI is InChI=1S/C15H21O/c1-6-8-13-9-12(7-2)10-14(11-13)16-15(3,4)5/h9-11H,2,6,8H2,1,3-5H3. The van der Waals surface area contributed by atoms with Crippen molar-refractivity contribution in [3.05, 3.63) is 42.0 Å². The molecule has 0 bridgehead atoms. The lowest BCUT2D eigenvalue weighted by Crippen LogP contribution is -2.23. The number of benzene rings is 1. The quantitative estimate of drug-likeness (QED) is 0.736. The average Bonchev–Trinajstić information content (AvgIpc) is 2.15. The van der Waals surface area contributed by atoms with E-state index >= 15 is 0 Å². The summed E-state index contributed by atoms with van der Waals surface area (Å²) in [4.78, 5) is 0. The van der Waals surface area contributed by atoms with Gasteiger partial charge in [-0.05, 0) is 56.5 Å². The summed E-state index contributed by atoms with van der Waals surface area (Å²) in [6, 6.07) is 6.21. The van der Waals surface area contributed by atoms with Crippen molar-refractivity contribution < 1.29 is 4.74 Å². The summed E-state index contributed by atoms with van der Waals surface area (Å²) in [5, 5.41) is 0. The molecule has 0 aromatic heterocycles. The molecule has 0 aliphatic heterocycles. The van der Waals surface area contributed by atoms with Gasteiger partial charge >= 0.3 is 0 Å². The SMILES string of the molecule is C=[C]c1cc(CCC)cc(OC(C)(C)C)c1. The highest BCUT2D eigenvalue weighted by Gasteiger charge is 2.12. The second-order valence-electron chi connectivity index (χ2n) is 5.01. The molecule has 0 saturated heterocycles. The summed E-state index contributed by atoms with van der Waals surface area (Å²) >= 11 is 0. The third kappa shape index (κ3) is 4.09. The van der Waals surface area contributed by atoms with E-state index in [2.05, 4.69) is 52.5 Å². The molecule has 0 unspecified atom stereocenters. The van der Waals surface area contributed by atoms with Crippen molar-refractivity contribution in [1.82, 2.24) is 0 Å². The highest BCUT2D eigenvalue weighted by atomic mass is 16.5. The van der Waals surface area contributed by atoms with Crippen LogP contribution in [0.1, 0.15) is 45.2 Å². The predicted molar refractivity (Wildman–Crippen MR) is 68.8 cm³/mol. The van der Waals surface area contributed by atoms with Crippen LogP contribution < -0.4 is 4.74 Å². The van der Waals surface area contributed by atoms with Gasteiger partial charge in [-0.2, -0.15) is 0 Å². The van der Waals surface area contributed by atoms with Crippen LogP contribution in [-0.4, -0.2) is 5.60 Å². The minimum absolute atomic E-state index is 0.163. The largest absolute Gasteiger partial charge is 0.488 e. The molecule has 1 nitrogen and oxygen atoms in total. The summed E-state index contributed by atoms with van der Waals surface area (Å²) in [5.74, 6) is 0.907. The molecule has 1 rings (SSSR count). The van der Waals surface area contributed by atoms with E-state index in [9.17, 15) is 0 Å². The van der Waals surface area contributed by atoms with Crippen molar-refractivity contribution in [1.29, 1.82) is 0 Å². The number of hydrogen-bond acceptors (Lipinski definition) is 1. The molecule has 16 heavy (non-hydrogen) atoms. The monoisotopic (exact) mass is 217 g/mol. The lowest BCUT2D eigenvalue weighted by atomic mass is 10.1. The van der Waals surface area contributed by atoms with E-state index < -0.39 is 0 Å². The van der Waals surface area contributed by atoms with Crippen LogP contribution in [-0.2, 0) is 6.42 Å². The van der Waals surface area contributed by atoms with Crippen LogP contribution in [0.25, 0.3) is 0 Å². The van der Waals surface area contributed by atoms with E-state index in [0.717, 1.165) is 24.2 Å². The van der Waals surface area contributed by atoms with Gasteiger partial charge in [0.15, 0.2) is 0 Å². The van der Waals surface area contributed by atoms with Gasteiger partial charge in [0.05, 0.1) is 0 Å². The fourth-order valence-electron chi connectivity index (χ4n) is 1.61. The van der Waals surface area contributed by atoms with Gasteiger partial charge in [-0.15, -0.1) is 0 Å². The van der Waals surface area contributed by atoms with Gasteiger partial charge in [0, 0.05) is 0 Å². The highest BCUT2D eigenvalue weighted by molar-refractivity contribution is 5.37. The van der Waals surface area contributed by atoms with Crippen molar-refractivity contribution in [2.24, 2.45) is 0 Å². The Morgan fingerprint density at radius 3 is 2.44 bits per heavy atom. The Kier molecular flexibility index (Phi) is 4.17. The fraction of sp³-hybridized carbons (Fsp3) is 0.467. The Labute approximate surface area is 99.1 Å². The first-order chi connectivity index (χ1) is 7.44. The smallest absolute Gasteiger partial charge is 0.120 e. The zero-order chi connectivity index (χ0) is 12.2. The van der Waals surface area contributed by atoms with Crippen LogP contribution in [0.4, 0.5) is 0 Å². The maximum atomic E-state index is 5.86. The molecular formula is C15H21O. The summed E-state index contributed by atoms with van der Waals surface area (Å²) in [5.41, 5.74) is 2.13. The molecule has 0 atom stereocenters. The predicted octanol–water partition coefficient (Wildman–Crippen LogP) is 4.15. The molecule has 0 aliphatic rings. The normalized spacial score (nSPS) is 11.2. The van der Waals surface area contributed by atoms with E-state index in [1.165, 1.54) is 5.56 Å². The van der Waals surface area contributed by atoms with Gasteiger partial charge in [-0.3, -0.25) is 0 Å². The van der Waals surface area contributed by atoms with Gasteiger partial charge in [0.25, 0.3) is 0 Å². The number of aryl methyl sites for hydroxylation is 1. The molecule has 0 aliphatic carbocycles. The van der Waals surface area contributed by atoms with Gasteiger partial charge < -0.3 is 4.74 Å². The third-order valence-corrected chi connectivity index (χ3v) is 2.13. The lowest BCUT2D eigenvalue weighted by Gasteiger charge is -2.22. The lowest BCUT2D eigenvalue weighted by molar-refractivity contribution is 0.131. The van der Waals surface area contributed by atoms with E-state index in [0.29, 0.717) is 0 Å². The van der Waals surface area contributed by atoms with Crippen molar-refractivity contribution in [3.8, 4) is 5.75 Å². The zero-order valence-electron chi connectivity index (χ0n) is 10.8. The second kappa shape index (κ2) is 5.20. The molecule has 0 fully saturated rings. The maximum absolute atomic E-state index is 5.86. The first kappa shape index (κ1) is 12.8. The maximum Gasteiger partial charge on any atom is 0.120 e. The molecule has 0 N–H and O–H groups in total. The number of hydrogen-bond donors (Lipinski definition) is 0. The Bertz CT molecular complexity index is 358. The molecule has 0 heterocycles. The van der Waals surface area contributed by atoms with E-state index in [4.69, 9.17) is 4.74 Å². The number of rotatable bonds is 4. The zero-order valence-corrected chi connectivity index (χ0v) is 10.8. The Morgan fingerprint density at radius 1 is 1.25 bits per heavy atom. The molecular weight excluding hydrogens is 196 g/mol. The summed E-state index contributed by atoms with van der Waals surface area (Å²) < 4.78 is 5.86. The van der Waals surface area contributed by atoms with Crippen LogP contribution in [0.2, 0.25) is 0 Å². The second-order valence-corrected chi connectivity index (χ2v) is 5.01. The molecule has 1 aromatic rings. The first-order valence-corrected chi connectivity index (χ1v) is 5.80. The van der Waals surface area contributed by atoms with Crippen molar-refractivity contribution in [2.75, 3.05) is 0 Å². The van der Waals surface area contributed by atoms with Crippen LogP contribution in [0.3, 0.4) is 0 Å². The molecule has 1 aromatic carbocycles. The first-order valence-electron chi connectivity index (χ1n) is 5.80. The summed E-state index contributed by atoms with van der Waals surface area (Å²) in [6.45, 7) is 12.0. The minimum Gasteiger partial charge on any atom is -0.488 e. The average molecular weight is 217 g/mol. The molecule has 1 radical (unpaired) electrons. The van der Waals surface area contributed by atoms with Crippen molar-refractivity contribution in [3.63, 3.8) is 0 Å². The molecule has 0 amide bonds. The van der Waals surface area contributed by atoms with Gasteiger partial charge in [-0.1, -0.05) is 26.0 Å². The summed E-state index contributed by atoms with van der Waals surface area (Å²) in [7, 11) is 0. The molecule has 0 spiro atoms. The van der Waals surface area contributed by atoms with Crippen LogP contribution in [0.15, 0.2) is 24.8 Å². The highest BCUT2D eigenvalue weighted by Crippen LogP contribution is 2.22. The van der Waals surface area contributed by atoms with Crippen LogP contribution in [0.5, 0.6) is 5.75 Å². The Morgan fingerprint density at radius 2 is 1.94 bits per heavy atom. The molecule has 87 valence electrons. The summed E-state index contributed by atoms with van der Waals surface area (Å²) in [6.07, 6.45) is 5.12. The van der Waals surface area contributed by atoms with E-state index in [-0.39, 0.29) is 5.60 Å². The van der Waals surface area contributed by atoms with Crippen molar-refractivity contribution >= 4 is 0 Å². The Hall–Kier alpha value is -1.24. The van der Waals surface area contributed by atoms with Gasteiger partial charge in [-0.25, -0.2) is 0 Å². The fourth-order valence-corrected chi connectivity index (χ4v) is 1.61. The number of ether oxygens (including phenoxy) is 1. The molecule has 1 heteroatoms. The van der Waals surface area contributed by atoms with Gasteiger partial charge in [0.1, 0.15) is 11.4 Å². The minimum atomic E-state index is -0.163. The molecule has 0 saturated carbocycles. The van der Waals surface area contributed by atoms with E-state index in [1.807, 2.05) is 6.07 Å². The van der Waals surface area contributed by atoms with Gasteiger partial charge in [0.2, 0.25) is 0 Å². The Balaban J connectivity index is 2.99. The van der Waals surface area contributed by atoms with Crippen LogP contribution in [0, 0.1) is 6.08 Å². The third-order valence-electron chi connectivity index (χ3n) is 2.13. The van der Waals surface area contributed by atoms with E-state index in [1.54, 1.807) is 0 Å². The van der Waals surface area contributed by atoms with Crippen LogP contribution >= 0.6 is 0 Å². The van der Waals surface area contributed by atoms with Crippen molar-refractivity contribution in [2.45, 2.75) is 46.1 Å². The topological polar surface area (TPSA) is 9.23 Å².